The first kappa shape index (κ1) is 70.9. The topological polar surface area (TPSA) is 249 Å². The highest BCUT2D eigenvalue weighted by atomic mass is 16.6. The third-order valence-electron chi connectivity index (χ3n) is 8.40. The quantitative estimate of drug-likeness (QED) is 0.0660. The molecular weight excluding hydrogens is 975 g/mol. The Hall–Kier alpha value is -2.06. The summed E-state index contributed by atoms with van der Waals surface area (Å²) < 4.78 is 119. The number of ether oxygens (including phenoxy) is 22. The molecule has 25 nitrogen and oxygen atoms in total. The zero-order valence-corrected chi connectivity index (χ0v) is 44.6. The predicted molar refractivity (Wildman–Crippen MR) is 263 cm³/mol. The van der Waals surface area contributed by atoms with Crippen molar-refractivity contribution in [1.82, 2.24) is 5.32 Å². The molecule has 0 bridgehead atoms. The maximum atomic E-state index is 11.5. The van der Waals surface area contributed by atoms with E-state index < -0.39 is 11.7 Å². The van der Waals surface area contributed by atoms with Crippen LogP contribution >= 0.6 is 0 Å². The van der Waals surface area contributed by atoms with Crippen LogP contribution < -0.4 is 5.32 Å². The molecule has 0 saturated carbocycles. The fourth-order valence-electron chi connectivity index (χ4n) is 4.98. The summed E-state index contributed by atoms with van der Waals surface area (Å²) in [5.41, 5.74) is -0.521. The van der Waals surface area contributed by atoms with Crippen LogP contribution in [0.3, 0.4) is 0 Å². The number of alkyl carbamates (subject to hydrolysis) is 1. The van der Waals surface area contributed by atoms with Crippen LogP contribution in [0.1, 0.15) is 20.8 Å². The van der Waals surface area contributed by atoms with Crippen LogP contribution in [-0.4, -0.2) is 296 Å². The van der Waals surface area contributed by atoms with Crippen molar-refractivity contribution in [3.63, 3.8) is 0 Å². The standard InChI is InChI=1S/C48H95NO24/c1-48(2,3)73-47(51)49-4-5-52-6-7-53-8-9-54-10-11-55-12-13-56-14-15-57-16-17-58-18-19-59-20-21-60-22-23-61-24-25-62-26-27-63-28-29-64-30-31-65-32-33-66-34-35-67-36-37-68-38-39-69-40-41-70-42-43-71-44-45-72-46-50/h46H,4-45H2,1-3H3,(H,49,51). The first-order valence-electron chi connectivity index (χ1n) is 25.5. The van der Waals surface area contributed by atoms with E-state index in [9.17, 15) is 9.59 Å². The molecule has 0 aromatic rings. The van der Waals surface area contributed by atoms with Gasteiger partial charge in [0.1, 0.15) is 12.2 Å². The summed E-state index contributed by atoms with van der Waals surface area (Å²) in [4.78, 5) is 21.5. The Morgan fingerprint density at radius 1 is 0.274 bits per heavy atom. The fraction of sp³-hybridized carbons (Fsp3) is 0.958. The maximum Gasteiger partial charge on any atom is 0.407 e. The number of amides is 1. The summed E-state index contributed by atoms with van der Waals surface area (Å²) in [6, 6.07) is 0. The number of carbonyl (C=O) groups is 2. The number of carbonyl (C=O) groups excluding carboxylic acids is 2. The van der Waals surface area contributed by atoms with Crippen molar-refractivity contribution < 1.29 is 114 Å². The van der Waals surface area contributed by atoms with E-state index in [4.69, 9.17) is 99.5 Å². The van der Waals surface area contributed by atoms with Gasteiger partial charge in [0, 0.05) is 6.54 Å². The van der Waals surface area contributed by atoms with Crippen LogP contribution in [0, 0.1) is 0 Å². The minimum atomic E-state index is -0.521. The van der Waals surface area contributed by atoms with Gasteiger partial charge < -0.3 is 110 Å². The van der Waals surface area contributed by atoms with E-state index in [0.29, 0.717) is 277 Å². The van der Waals surface area contributed by atoms with Crippen LogP contribution in [-0.2, 0) is 109 Å². The third-order valence-corrected chi connectivity index (χ3v) is 8.40. The highest BCUT2D eigenvalue weighted by Crippen LogP contribution is 2.06. The van der Waals surface area contributed by atoms with Crippen LogP contribution in [0.25, 0.3) is 0 Å². The molecule has 0 unspecified atom stereocenters. The van der Waals surface area contributed by atoms with Gasteiger partial charge in [-0.15, -0.1) is 0 Å². The van der Waals surface area contributed by atoms with Gasteiger partial charge in [0.25, 0.3) is 6.47 Å². The SMILES string of the molecule is CC(C)(C)OC(=O)NCCOCCOCCOCCOCCOCCOCCOCCOCCOCCOCCOCCOCCOCCOCCOCCOCCOCCOCCOCCOCCOC=O. The second kappa shape index (κ2) is 62.5. The van der Waals surface area contributed by atoms with Crippen molar-refractivity contribution in [2.24, 2.45) is 0 Å². The van der Waals surface area contributed by atoms with E-state index in [1.807, 2.05) is 20.8 Å². The molecule has 25 heteroatoms. The molecule has 0 aliphatic carbocycles. The zero-order chi connectivity index (χ0) is 52.7. The minimum Gasteiger partial charge on any atom is -0.465 e. The lowest BCUT2D eigenvalue weighted by Crippen LogP contribution is -2.34. The van der Waals surface area contributed by atoms with Gasteiger partial charge in [-0.25, -0.2) is 4.79 Å². The molecule has 0 heterocycles. The molecule has 0 saturated heterocycles. The molecule has 0 aromatic heterocycles. The predicted octanol–water partition coefficient (Wildman–Crippen LogP) is 1.02. The van der Waals surface area contributed by atoms with E-state index >= 15 is 0 Å². The Bertz CT molecular complexity index is 1070. The van der Waals surface area contributed by atoms with Gasteiger partial charge in [-0.3, -0.25) is 4.79 Å². The van der Waals surface area contributed by atoms with Crippen molar-refractivity contribution >= 4 is 12.6 Å². The van der Waals surface area contributed by atoms with Gasteiger partial charge >= 0.3 is 6.09 Å². The molecule has 0 aliphatic heterocycles. The summed E-state index contributed by atoms with van der Waals surface area (Å²) >= 11 is 0. The first-order chi connectivity index (χ1) is 36.0. The van der Waals surface area contributed by atoms with Gasteiger partial charge in [0.15, 0.2) is 0 Å². The average molecular weight is 1070 g/mol. The molecule has 73 heavy (non-hydrogen) atoms. The maximum absolute atomic E-state index is 11.5. The summed E-state index contributed by atoms with van der Waals surface area (Å²) in [7, 11) is 0. The van der Waals surface area contributed by atoms with Crippen LogP contribution in [0.4, 0.5) is 4.79 Å². The zero-order valence-electron chi connectivity index (χ0n) is 44.6. The van der Waals surface area contributed by atoms with E-state index in [1.54, 1.807) is 0 Å². The Morgan fingerprint density at radius 2 is 0.425 bits per heavy atom. The van der Waals surface area contributed by atoms with Gasteiger partial charge in [0.2, 0.25) is 0 Å². The molecular formula is C48H95NO24. The monoisotopic (exact) mass is 1070 g/mol. The fourth-order valence-corrected chi connectivity index (χ4v) is 4.98. The molecule has 0 spiro atoms. The van der Waals surface area contributed by atoms with Crippen LogP contribution in [0.2, 0.25) is 0 Å². The summed E-state index contributed by atoms with van der Waals surface area (Å²) in [6.07, 6.45) is -0.458. The number of hydrogen-bond donors (Lipinski definition) is 1. The van der Waals surface area contributed by atoms with Crippen molar-refractivity contribution in [1.29, 1.82) is 0 Å². The van der Waals surface area contributed by atoms with E-state index in [2.05, 4.69) is 10.1 Å². The van der Waals surface area contributed by atoms with Crippen molar-refractivity contribution in [3.8, 4) is 0 Å². The molecule has 0 radical (unpaired) electrons. The Labute approximate surface area is 434 Å². The largest absolute Gasteiger partial charge is 0.465 e. The molecule has 0 atom stereocenters. The Kier molecular flexibility index (Phi) is 60.7. The average Bonchev–Trinajstić information content (AvgIpc) is 3.37. The van der Waals surface area contributed by atoms with Gasteiger partial charge in [-0.2, -0.15) is 0 Å². The van der Waals surface area contributed by atoms with Crippen molar-refractivity contribution in [2.45, 2.75) is 26.4 Å². The summed E-state index contributed by atoms with van der Waals surface area (Å²) in [6.45, 7) is 25.3. The van der Waals surface area contributed by atoms with Crippen LogP contribution in [0.5, 0.6) is 0 Å². The first-order valence-corrected chi connectivity index (χ1v) is 25.5. The lowest BCUT2D eigenvalue weighted by Gasteiger charge is -2.19. The molecule has 0 rings (SSSR count). The molecule has 436 valence electrons. The highest BCUT2D eigenvalue weighted by molar-refractivity contribution is 5.67. The lowest BCUT2D eigenvalue weighted by molar-refractivity contribution is -0.130. The van der Waals surface area contributed by atoms with E-state index in [-0.39, 0.29) is 6.61 Å². The highest BCUT2D eigenvalue weighted by Gasteiger charge is 2.15. The normalized spacial score (nSPS) is 11.7. The van der Waals surface area contributed by atoms with Gasteiger partial charge in [-0.05, 0) is 20.8 Å². The second-order valence-electron chi connectivity index (χ2n) is 15.6. The summed E-state index contributed by atoms with van der Waals surface area (Å²) in [5.74, 6) is 0. The van der Waals surface area contributed by atoms with Crippen molar-refractivity contribution in [2.75, 3.05) is 277 Å². The molecule has 0 aromatic carbocycles. The second-order valence-corrected chi connectivity index (χ2v) is 15.6. The number of hydrogen-bond acceptors (Lipinski definition) is 24. The van der Waals surface area contributed by atoms with Crippen LogP contribution in [0.15, 0.2) is 0 Å². The Morgan fingerprint density at radius 3 is 0.575 bits per heavy atom. The molecule has 0 aliphatic rings. The minimum absolute atomic E-state index is 0.244. The summed E-state index contributed by atoms with van der Waals surface area (Å²) in [5, 5.41) is 2.63. The molecule has 0 fully saturated rings. The third kappa shape index (κ3) is 67.9. The molecule has 1 N–H and O–H groups in total. The van der Waals surface area contributed by atoms with Gasteiger partial charge in [0.05, 0.1) is 264 Å². The Balaban J connectivity index is 3.10. The number of nitrogens with one attached hydrogen (secondary N) is 1. The van der Waals surface area contributed by atoms with E-state index in [1.165, 1.54) is 0 Å². The molecule has 1 amide bonds. The smallest absolute Gasteiger partial charge is 0.407 e. The van der Waals surface area contributed by atoms with E-state index in [0.717, 1.165) is 0 Å². The van der Waals surface area contributed by atoms with Gasteiger partial charge in [-0.1, -0.05) is 0 Å². The lowest BCUT2D eigenvalue weighted by atomic mass is 10.2. The number of rotatable bonds is 64. The van der Waals surface area contributed by atoms with Crippen molar-refractivity contribution in [3.05, 3.63) is 0 Å².